The summed E-state index contributed by atoms with van der Waals surface area (Å²) < 4.78 is 28.5. The van der Waals surface area contributed by atoms with Crippen molar-refractivity contribution in [2.24, 2.45) is 5.73 Å². The highest BCUT2D eigenvalue weighted by Crippen LogP contribution is 2.20. The van der Waals surface area contributed by atoms with Gasteiger partial charge in [0.1, 0.15) is 24.3 Å². The molecule has 3 aromatic rings. The number of methoxy groups -OCH3 is 1. The average molecular weight is 707 g/mol. The number of hydrogen-bond donors (Lipinski definition) is 4. The predicted octanol–water partition coefficient (Wildman–Crippen LogP) is 3.96. The minimum Gasteiger partial charge on any atom is -0.494 e. The first-order valence-electron chi connectivity index (χ1n) is 17.2. The average Bonchev–Trinajstić information content (AvgIpc) is 3.16. The van der Waals surface area contributed by atoms with Gasteiger partial charge in [-0.25, -0.2) is 14.5 Å². The molecule has 276 valence electrons. The summed E-state index contributed by atoms with van der Waals surface area (Å²) in [4.78, 5) is 32.1. The number of nitrogens with one attached hydrogen (secondary N) is 3. The highest BCUT2D eigenvalue weighted by Gasteiger charge is 2.15. The SMILES string of the molecule is COC(=O)CCOCCOCCOCCCCCCOc1cccc([C@@H](C)NC(=O)c2cccc(NCC(N)=[N+](C)C(=N)c3ccncn3)c2)c1. The molecule has 2 aromatic carbocycles. The molecule has 1 heterocycles. The van der Waals surface area contributed by atoms with Gasteiger partial charge >= 0.3 is 5.97 Å². The second-order valence-corrected chi connectivity index (χ2v) is 11.6. The van der Waals surface area contributed by atoms with Crippen molar-refractivity contribution in [1.82, 2.24) is 15.3 Å². The summed E-state index contributed by atoms with van der Waals surface area (Å²) in [6.07, 6.45) is 7.20. The molecular formula is C37H52N7O7+. The van der Waals surface area contributed by atoms with Crippen LogP contribution in [0.3, 0.4) is 0 Å². The Morgan fingerprint density at radius 2 is 1.61 bits per heavy atom. The van der Waals surface area contributed by atoms with Crippen molar-refractivity contribution < 1.29 is 37.8 Å². The third kappa shape index (κ3) is 15.7. The summed E-state index contributed by atoms with van der Waals surface area (Å²) in [6.45, 7) is 5.78. The first-order chi connectivity index (χ1) is 24.8. The number of amides is 1. The number of benzene rings is 2. The molecule has 0 spiro atoms. The van der Waals surface area contributed by atoms with Crippen LogP contribution in [0, 0.1) is 5.41 Å². The van der Waals surface area contributed by atoms with E-state index >= 15 is 0 Å². The van der Waals surface area contributed by atoms with Crippen LogP contribution < -0.4 is 21.1 Å². The van der Waals surface area contributed by atoms with Crippen LogP contribution in [0.4, 0.5) is 5.69 Å². The van der Waals surface area contributed by atoms with Gasteiger partial charge in [-0.1, -0.05) is 24.6 Å². The van der Waals surface area contributed by atoms with Crippen LogP contribution in [0.2, 0.25) is 0 Å². The van der Waals surface area contributed by atoms with Gasteiger partial charge in [0.25, 0.3) is 11.7 Å². The Kier molecular flexibility index (Phi) is 18.6. The number of aromatic nitrogens is 2. The van der Waals surface area contributed by atoms with E-state index in [9.17, 15) is 9.59 Å². The molecule has 0 bridgehead atoms. The minimum atomic E-state index is -0.284. The Hall–Kier alpha value is -4.92. The van der Waals surface area contributed by atoms with Gasteiger partial charge in [-0.3, -0.25) is 9.59 Å². The third-order valence-electron chi connectivity index (χ3n) is 7.77. The van der Waals surface area contributed by atoms with E-state index in [2.05, 4.69) is 25.3 Å². The summed E-state index contributed by atoms with van der Waals surface area (Å²) in [6, 6.07) is 16.4. The van der Waals surface area contributed by atoms with Gasteiger partial charge in [0.2, 0.25) is 5.84 Å². The first kappa shape index (κ1) is 40.5. The van der Waals surface area contributed by atoms with Gasteiger partial charge in [-0.2, -0.15) is 5.41 Å². The fourth-order valence-corrected chi connectivity index (χ4v) is 4.71. The van der Waals surface area contributed by atoms with Crippen molar-refractivity contribution in [3.8, 4) is 5.75 Å². The summed E-state index contributed by atoms with van der Waals surface area (Å²) in [5.74, 6) is 0.853. The zero-order valence-electron chi connectivity index (χ0n) is 29.9. The normalized spacial score (nSPS) is 12.1. The molecule has 0 saturated heterocycles. The molecule has 3 rings (SSSR count). The summed E-state index contributed by atoms with van der Waals surface area (Å²) in [7, 11) is 3.06. The Balaban J connectivity index is 1.29. The number of ether oxygens (including phenoxy) is 5. The molecule has 5 N–H and O–H groups in total. The molecule has 0 fully saturated rings. The zero-order chi connectivity index (χ0) is 36.7. The van der Waals surface area contributed by atoms with E-state index in [1.165, 1.54) is 13.4 Å². The van der Waals surface area contributed by atoms with E-state index < -0.39 is 0 Å². The maximum absolute atomic E-state index is 13.1. The van der Waals surface area contributed by atoms with Crippen LogP contribution in [0.5, 0.6) is 5.75 Å². The number of anilines is 1. The molecule has 14 heteroatoms. The molecule has 0 aliphatic rings. The van der Waals surface area contributed by atoms with Crippen molar-refractivity contribution >= 4 is 29.2 Å². The zero-order valence-corrected chi connectivity index (χ0v) is 29.9. The quantitative estimate of drug-likeness (QED) is 0.0348. The second-order valence-electron chi connectivity index (χ2n) is 11.6. The van der Waals surface area contributed by atoms with E-state index in [-0.39, 0.29) is 36.7 Å². The molecule has 51 heavy (non-hydrogen) atoms. The van der Waals surface area contributed by atoms with E-state index in [1.54, 1.807) is 42.1 Å². The number of carbonyl (C=O) groups excluding carboxylic acids is 2. The monoisotopic (exact) mass is 706 g/mol. The number of unbranched alkanes of at least 4 members (excludes halogenated alkanes) is 3. The van der Waals surface area contributed by atoms with Gasteiger partial charge in [-0.05, 0) is 68.1 Å². The lowest BCUT2D eigenvalue weighted by molar-refractivity contribution is -0.373. The minimum absolute atomic E-state index is 0.153. The van der Waals surface area contributed by atoms with Crippen molar-refractivity contribution in [3.05, 3.63) is 83.9 Å². The van der Waals surface area contributed by atoms with E-state index in [0.29, 0.717) is 63.3 Å². The van der Waals surface area contributed by atoms with Crippen LogP contribution in [-0.4, -0.2) is 105 Å². The number of nitrogens with zero attached hydrogens (tertiary/aromatic N) is 3. The highest BCUT2D eigenvalue weighted by atomic mass is 16.5. The molecule has 0 aliphatic carbocycles. The van der Waals surface area contributed by atoms with Gasteiger partial charge < -0.3 is 40.1 Å². The number of rotatable bonds is 24. The Morgan fingerprint density at radius 1 is 0.902 bits per heavy atom. The maximum atomic E-state index is 13.1. The van der Waals surface area contributed by atoms with Crippen molar-refractivity contribution in [2.45, 2.75) is 45.1 Å². The largest absolute Gasteiger partial charge is 0.494 e. The number of nitrogens with two attached hydrogens (primary N) is 1. The Morgan fingerprint density at radius 3 is 2.33 bits per heavy atom. The number of hydrogen-bond acceptors (Lipinski definition) is 11. The topological polar surface area (TPSA) is 183 Å². The Labute approximate surface area is 300 Å². The van der Waals surface area contributed by atoms with E-state index in [0.717, 1.165) is 42.7 Å². The van der Waals surface area contributed by atoms with E-state index in [4.69, 9.17) is 30.1 Å². The van der Waals surface area contributed by atoms with Crippen LogP contribution in [0.15, 0.2) is 67.1 Å². The lowest BCUT2D eigenvalue weighted by Crippen LogP contribution is -2.36. The lowest BCUT2D eigenvalue weighted by atomic mass is 10.1. The second kappa shape index (κ2) is 23.5. The summed E-state index contributed by atoms with van der Waals surface area (Å²) in [5, 5.41) is 14.6. The first-order valence-corrected chi connectivity index (χ1v) is 17.2. The number of esters is 1. The van der Waals surface area contributed by atoms with Crippen LogP contribution in [-0.2, 0) is 23.7 Å². The van der Waals surface area contributed by atoms with Gasteiger partial charge in [0.05, 0.1) is 66.3 Å². The molecule has 1 amide bonds. The number of amidine groups is 2. The molecule has 14 nitrogen and oxygen atoms in total. The highest BCUT2D eigenvalue weighted by molar-refractivity contribution is 5.96. The maximum Gasteiger partial charge on any atom is 0.307 e. The third-order valence-corrected chi connectivity index (χ3v) is 7.77. The fourth-order valence-electron chi connectivity index (χ4n) is 4.71. The molecule has 0 aliphatic heterocycles. The van der Waals surface area contributed by atoms with Gasteiger partial charge in [0.15, 0.2) is 0 Å². The van der Waals surface area contributed by atoms with Crippen LogP contribution in [0.25, 0.3) is 0 Å². The van der Waals surface area contributed by atoms with Crippen LogP contribution >= 0.6 is 0 Å². The van der Waals surface area contributed by atoms with E-state index in [1.807, 2.05) is 37.3 Å². The number of carbonyl (C=O) groups is 2. The molecule has 0 saturated carbocycles. The lowest BCUT2D eigenvalue weighted by Gasteiger charge is -2.16. The molecule has 1 atom stereocenters. The molecule has 1 aromatic heterocycles. The molecular weight excluding hydrogens is 654 g/mol. The van der Waals surface area contributed by atoms with Crippen molar-refractivity contribution in [3.63, 3.8) is 0 Å². The van der Waals surface area contributed by atoms with Crippen molar-refractivity contribution in [1.29, 1.82) is 5.41 Å². The van der Waals surface area contributed by atoms with Gasteiger partial charge in [0, 0.05) is 24.1 Å². The van der Waals surface area contributed by atoms with Crippen molar-refractivity contribution in [2.75, 3.05) is 72.3 Å². The molecule has 0 radical (unpaired) electrons. The standard InChI is InChI=1S/C37H51N7O7/c1-28(43-37(46)30-11-8-12-31(24-30)41-26-34(38)44(2)36(39)33-14-16-40-27-42-33)29-10-9-13-32(25-29)51-18-7-5-4-6-17-48-20-22-50-23-21-49-19-15-35(45)47-3/h8-14,16,24-25,27-28,38-39,41H,4-7,15,17-23,26H2,1-3H3,(H,43,46)/p+1/t28-/m1/s1. The summed E-state index contributed by atoms with van der Waals surface area (Å²) >= 11 is 0. The summed E-state index contributed by atoms with van der Waals surface area (Å²) in [5.41, 5.74) is 8.87. The predicted molar refractivity (Wildman–Crippen MR) is 195 cm³/mol. The Bertz CT molecular complexity index is 1540. The van der Waals surface area contributed by atoms with Crippen LogP contribution in [0.1, 0.15) is 66.7 Å². The smallest absolute Gasteiger partial charge is 0.307 e. The molecule has 0 unspecified atom stereocenters. The van der Waals surface area contributed by atoms with Gasteiger partial charge in [-0.15, -0.1) is 0 Å². The fraction of sp³-hybridized carbons (Fsp3) is 0.459.